The van der Waals surface area contributed by atoms with Crippen molar-refractivity contribution in [3.05, 3.63) is 38.5 Å². The number of furan rings is 1. The van der Waals surface area contributed by atoms with Gasteiger partial charge in [0.25, 0.3) is 0 Å². The van der Waals surface area contributed by atoms with Crippen LogP contribution in [0.3, 0.4) is 0 Å². The first kappa shape index (κ1) is 15.3. The average Bonchev–Trinajstić information content (AvgIpc) is 2.80. The van der Waals surface area contributed by atoms with Crippen LogP contribution < -0.4 is 5.73 Å². The number of hydrogen-bond donors (Lipinski definition) is 1. The molecule has 0 aliphatic carbocycles. The normalized spacial score (nSPS) is 12.9. The van der Waals surface area contributed by atoms with E-state index in [9.17, 15) is 0 Å². The topological polar surface area (TPSA) is 57.0 Å². The van der Waals surface area contributed by atoms with E-state index < -0.39 is 0 Å². The van der Waals surface area contributed by atoms with Crippen molar-refractivity contribution in [1.82, 2.24) is 9.78 Å². The van der Waals surface area contributed by atoms with Crippen molar-refractivity contribution in [3.63, 3.8) is 0 Å². The first-order valence-corrected chi connectivity index (χ1v) is 7.69. The van der Waals surface area contributed by atoms with Gasteiger partial charge in [-0.3, -0.25) is 4.68 Å². The van der Waals surface area contributed by atoms with Crippen molar-refractivity contribution in [2.24, 2.45) is 5.73 Å². The molecule has 0 amide bonds. The predicted octanol–water partition coefficient (Wildman–Crippen LogP) is 3.73. The second kappa shape index (κ2) is 5.74. The van der Waals surface area contributed by atoms with Crippen LogP contribution in [0, 0.1) is 27.7 Å². The summed E-state index contributed by atoms with van der Waals surface area (Å²) in [6.45, 7) is 11.0. The van der Waals surface area contributed by atoms with E-state index in [1.54, 1.807) is 0 Å². The molecule has 0 aliphatic heterocycles. The van der Waals surface area contributed by atoms with Gasteiger partial charge in [0, 0.05) is 24.6 Å². The van der Waals surface area contributed by atoms with Gasteiger partial charge in [0.1, 0.15) is 11.5 Å². The van der Waals surface area contributed by atoms with E-state index in [4.69, 9.17) is 10.2 Å². The number of nitrogens with two attached hydrogens (primary N) is 1. The maximum atomic E-state index is 6.42. The fourth-order valence-electron chi connectivity index (χ4n) is 2.73. The summed E-state index contributed by atoms with van der Waals surface area (Å²) in [6.07, 6.45) is 0.746. The summed E-state index contributed by atoms with van der Waals surface area (Å²) in [7, 11) is 0. The summed E-state index contributed by atoms with van der Waals surface area (Å²) in [5.41, 5.74) is 10.9. The minimum Gasteiger partial charge on any atom is -0.466 e. The Morgan fingerprint density at radius 1 is 1.25 bits per heavy atom. The molecule has 0 bridgehead atoms. The van der Waals surface area contributed by atoms with Crippen molar-refractivity contribution in [2.75, 3.05) is 0 Å². The van der Waals surface area contributed by atoms with Crippen LogP contribution in [0.5, 0.6) is 0 Å². The Labute approximate surface area is 128 Å². The Hall–Kier alpha value is -1.07. The highest BCUT2D eigenvalue weighted by molar-refractivity contribution is 9.10. The minimum atomic E-state index is -0.0786. The SMILES string of the molecule is CCn1nc(C)c(Br)c1CC(N)c1c(C)oc(C)c1C. The van der Waals surface area contributed by atoms with Gasteiger partial charge in [0.15, 0.2) is 0 Å². The number of aryl methyl sites for hydroxylation is 4. The monoisotopic (exact) mass is 339 g/mol. The molecular weight excluding hydrogens is 318 g/mol. The third-order valence-corrected chi connectivity index (χ3v) is 4.89. The third kappa shape index (κ3) is 2.56. The molecule has 0 fully saturated rings. The van der Waals surface area contributed by atoms with Gasteiger partial charge in [0.05, 0.1) is 15.9 Å². The van der Waals surface area contributed by atoms with Crippen LogP contribution in [0.15, 0.2) is 8.89 Å². The second-order valence-electron chi connectivity index (χ2n) is 5.23. The maximum absolute atomic E-state index is 6.42. The number of halogens is 1. The zero-order valence-corrected chi connectivity index (χ0v) is 14.3. The summed E-state index contributed by atoms with van der Waals surface area (Å²) >= 11 is 3.62. The summed E-state index contributed by atoms with van der Waals surface area (Å²) in [4.78, 5) is 0. The molecule has 2 aromatic heterocycles. The Bertz CT molecular complexity index is 628. The fraction of sp³-hybridized carbons (Fsp3) is 0.533. The molecule has 2 aromatic rings. The molecular formula is C15H22BrN3O. The van der Waals surface area contributed by atoms with E-state index in [0.29, 0.717) is 0 Å². The molecule has 0 saturated carbocycles. The highest BCUT2D eigenvalue weighted by Gasteiger charge is 2.21. The number of hydrogen-bond acceptors (Lipinski definition) is 3. The fourth-order valence-corrected chi connectivity index (χ4v) is 3.17. The Morgan fingerprint density at radius 2 is 1.90 bits per heavy atom. The van der Waals surface area contributed by atoms with Crippen LogP contribution in [-0.2, 0) is 13.0 Å². The van der Waals surface area contributed by atoms with Crippen LogP contribution >= 0.6 is 15.9 Å². The number of nitrogens with zero attached hydrogens (tertiary/aromatic N) is 2. The van der Waals surface area contributed by atoms with Crippen molar-refractivity contribution < 1.29 is 4.42 Å². The lowest BCUT2D eigenvalue weighted by atomic mass is 9.99. The molecule has 0 radical (unpaired) electrons. The van der Waals surface area contributed by atoms with E-state index >= 15 is 0 Å². The third-order valence-electron chi connectivity index (χ3n) is 3.85. The molecule has 4 nitrogen and oxygen atoms in total. The molecule has 2 rings (SSSR count). The lowest BCUT2D eigenvalue weighted by Gasteiger charge is -2.14. The van der Waals surface area contributed by atoms with Gasteiger partial charge in [-0.25, -0.2) is 0 Å². The summed E-state index contributed by atoms with van der Waals surface area (Å²) in [5.74, 6) is 1.87. The second-order valence-corrected chi connectivity index (χ2v) is 6.02. The summed E-state index contributed by atoms with van der Waals surface area (Å²) < 4.78 is 8.75. The van der Waals surface area contributed by atoms with Gasteiger partial charge < -0.3 is 10.2 Å². The quantitative estimate of drug-likeness (QED) is 0.923. The summed E-state index contributed by atoms with van der Waals surface area (Å²) in [6, 6.07) is -0.0786. The molecule has 5 heteroatoms. The zero-order valence-electron chi connectivity index (χ0n) is 12.7. The van der Waals surface area contributed by atoms with Gasteiger partial charge in [-0.1, -0.05) is 0 Å². The Kier molecular flexibility index (Phi) is 4.39. The van der Waals surface area contributed by atoms with Crippen LogP contribution in [0.25, 0.3) is 0 Å². The van der Waals surface area contributed by atoms with Crippen LogP contribution in [0.1, 0.15) is 47.0 Å². The van der Waals surface area contributed by atoms with Crippen molar-refractivity contribution in [3.8, 4) is 0 Å². The van der Waals surface area contributed by atoms with Gasteiger partial charge in [0.2, 0.25) is 0 Å². The highest BCUT2D eigenvalue weighted by atomic mass is 79.9. The largest absolute Gasteiger partial charge is 0.466 e. The van der Waals surface area contributed by atoms with Gasteiger partial charge in [-0.05, 0) is 56.1 Å². The zero-order chi connectivity index (χ0) is 15.0. The molecule has 110 valence electrons. The molecule has 0 aromatic carbocycles. The lowest BCUT2D eigenvalue weighted by molar-refractivity contribution is 0.494. The molecule has 2 heterocycles. The number of rotatable bonds is 4. The van der Waals surface area contributed by atoms with E-state index in [0.717, 1.165) is 51.5 Å². The van der Waals surface area contributed by atoms with Crippen molar-refractivity contribution >= 4 is 15.9 Å². The first-order valence-electron chi connectivity index (χ1n) is 6.90. The van der Waals surface area contributed by atoms with E-state index in [1.807, 2.05) is 25.5 Å². The van der Waals surface area contributed by atoms with E-state index in [-0.39, 0.29) is 6.04 Å². The van der Waals surface area contributed by atoms with Crippen molar-refractivity contribution in [2.45, 2.75) is 53.6 Å². The van der Waals surface area contributed by atoms with Crippen LogP contribution in [-0.4, -0.2) is 9.78 Å². The Balaban J connectivity index is 2.35. The lowest BCUT2D eigenvalue weighted by Crippen LogP contribution is -2.17. The van der Waals surface area contributed by atoms with Crippen LogP contribution in [0.4, 0.5) is 0 Å². The molecule has 0 aliphatic rings. The van der Waals surface area contributed by atoms with Crippen LogP contribution in [0.2, 0.25) is 0 Å². The van der Waals surface area contributed by atoms with Gasteiger partial charge in [-0.15, -0.1) is 0 Å². The van der Waals surface area contributed by atoms with E-state index in [1.165, 1.54) is 0 Å². The molecule has 0 spiro atoms. The molecule has 1 unspecified atom stereocenters. The average molecular weight is 340 g/mol. The highest BCUT2D eigenvalue weighted by Crippen LogP contribution is 2.30. The molecule has 2 N–H and O–H groups in total. The standard InChI is InChI=1S/C15H22BrN3O/c1-6-19-13(15(16)9(3)18-19)7-12(17)14-8(2)10(4)20-11(14)5/h12H,6-7,17H2,1-5H3. The molecule has 20 heavy (non-hydrogen) atoms. The maximum Gasteiger partial charge on any atom is 0.106 e. The van der Waals surface area contributed by atoms with Gasteiger partial charge in [-0.2, -0.15) is 5.10 Å². The van der Waals surface area contributed by atoms with Gasteiger partial charge >= 0.3 is 0 Å². The minimum absolute atomic E-state index is 0.0786. The van der Waals surface area contributed by atoms with Crippen molar-refractivity contribution in [1.29, 1.82) is 0 Å². The summed E-state index contributed by atoms with van der Waals surface area (Å²) in [5, 5.41) is 4.52. The smallest absolute Gasteiger partial charge is 0.106 e. The molecule has 0 saturated heterocycles. The predicted molar refractivity (Wildman–Crippen MR) is 83.9 cm³/mol. The first-order chi connectivity index (χ1) is 9.36. The van der Waals surface area contributed by atoms with E-state index in [2.05, 4.69) is 34.9 Å². The Morgan fingerprint density at radius 3 is 2.40 bits per heavy atom. The molecule has 1 atom stereocenters. The number of aromatic nitrogens is 2.